The van der Waals surface area contributed by atoms with Crippen molar-refractivity contribution in [3.8, 4) is 16.8 Å². The van der Waals surface area contributed by atoms with Gasteiger partial charge in [-0.05, 0) is 88.0 Å². The number of nitrogens with zero attached hydrogens (tertiary/aromatic N) is 1. The van der Waals surface area contributed by atoms with E-state index in [4.69, 9.17) is 16.9 Å². The zero-order chi connectivity index (χ0) is 31.8. The molecule has 7 aromatic rings. The first-order valence-corrected chi connectivity index (χ1v) is 15.8. The van der Waals surface area contributed by atoms with E-state index in [1.165, 1.54) is 20.2 Å². The van der Waals surface area contributed by atoms with Gasteiger partial charge in [-0.25, -0.2) is 0 Å². The molecule has 0 amide bonds. The van der Waals surface area contributed by atoms with Crippen molar-refractivity contribution in [3.63, 3.8) is 0 Å². The summed E-state index contributed by atoms with van der Waals surface area (Å²) in [6.45, 7) is 7.68. The van der Waals surface area contributed by atoms with E-state index in [9.17, 15) is 0 Å². The van der Waals surface area contributed by atoms with Gasteiger partial charge in [-0.15, -0.1) is 11.3 Å². The molecule has 2 aromatic heterocycles. The SMILES string of the molecule is C=C/C=C(\C=C)c1cccc(/C(N)=C/C(=N)c2ccc(-c3ccc4sc5c(-n6ccc7cc(N)ccc76)cccc5c4c3)cc2)c1. The third-order valence-electron chi connectivity index (χ3n) is 8.33. The van der Waals surface area contributed by atoms with Crippen LogP contribution < -0.4 is 11.5 Å². The van der Waals surface area contributed by atoms with Crippen LogP contribution in [0.25, 0.3) is 59.2 Å². The van der Waals surface area contributed by atoms with Crippen molar-refractivity contribution >= 4 is 65.1 Å². The van der Waals surface area contributed by atoms with E-state index in [-0.39, 0.29) is 0 Å². The highest BCUT2D eigenvalue weighted by molar-refractivity contribution is 7.26. The lowest BCUT2D eigenvalue weighted by Gasteiger charge is -2.08. The topological polar surface area (TPSA) is 80.8 Å². The zero-order valence-electron chi connectivity index (χ0n) is 25.2. The Labute approximate surface area is 272 Å². The number of nitrogens with two attached hydrogens (primary N) is 2. The molecular formula is C41H32N4S. The highest BCUT2D eigenvalue weighted by atomic mass is 32.1. The number of benzene rings is 5. The quantitative estimate of drug-likeness (QED) is 0.0907. The lowest BCUT2D eigenvalue weighted by molar-refractivity contribution is 1.15. The Bertz CT molecular complexity index is 2380. The van der Waals surface area contributed by atoms with Crippen LogP contribution in [0.15, 0.2) is 153 Å². The van der Waals surface area contributed by atoms with Crippen molar-refractivity contribution < 1.29 is 0 Å². The van der Waals surface area contributed by atoms with Gasteiger partial charge >= 0.3 is 0 Å². The molecule has 0 aliphatic heterocycles. The van der Waals surface area contributed by atoms with Crippen molar-refractivity contribution in [2.75, 3.05) is 5.73 Å². The molecule has 222 valence electrons. The maximum atomic E-state index is 8.74. The lowest BCUT2D eigenvalue weighted by atomic mass is 9.98. The molecule has 0 aliphatic carbocycles. The Morgan fingerprint density at radius 1 is 0.761 bits per heavy atom. The van der Waals surface area contributed by atoms with Gasteiger partial charge in [0, 0.05) is 38.4 Å². The molecule has 0 saturated carbocycles. The van der Waals surface area contributed by atoms with E-state index in [0.29, 0.717) is 11.4 Å². The third kappa shape index (κ3) is 5.23. The monoisotopic (exact) mass is 612 g/mol. The Balaban J connectivity index is 1.17. The maximum absolute atomic E-state index is 8.74. The molecule has 0 atom stereocenters. The average Bonchev–Trinajstić information content (AvgIpc) is 3.68. The molecule has 46 heavy (non-hydrogen) atoms. The van der Waals surface area contributed by atoms with Crippen LogP contribution in [0.1, 0.15) is 16.7 Å². The molecule has 0 aliphatic rings. The van der Waals surface area contributed by atoms with Crippen LogP contribution >= 0.6 is 11.3 Å². The molecule has 2 heterocycles. The highest BCUT2D eigenvalue weighted by Crippen LogP contribution is 2.40. The lowest BCUT2D eigenvalue weighted by Crippen LogP contribution is -2.03. The zero-order valence-corrected chi connectivity index (χ0v) is 26.0. The molecule has 5 aromatic carbocycles. The number of rotatable bonds is 8. The standard InChI is InChI=1S/C41H32N4S/c1-3-7-26(4-2)29-8-5-9-31(22-29)37(44)25-36(43)28-14-12-27(13-15-28)30-16-19-40-35(24-30)34-10-6-11-39(41(34)46-40)45-21-20-32-23-33(42)17-18-38(32)45/h3-25,43H,1-2,42,44H2/b26-7+,37-25-,43-36?. The number of anilines is 1. The number of nitrogens with one attached hydrogen (secondary N) is 1. The first-order valence-electron chi connectivity index (χ1n) is 15.0. The Hall–Kier alpha value is -5.91. The van der Waals surface area contributed by atoms with Gasteiger partial charge in [-0.3, -0.25) is 0 Å². The minimum Gasteiger partial charge on any atom is -0.399 e. The second kappa shape index (κ2) is 11.9. The van der Waals surface area contributed by atoms with Crippen molar-refractivity contribution in [1.82, 2.24) is 4.57 Å². The predicted molar refractivity (Wildman–Crippen MR) is 200 cm³/mol. The summed E-state index contributed by atoms with van der Waals surface area (Å²) in [4.78, 5) is 0. The largest absolute Gasteiger partial charge is 0.399 e. The summed E-state index contributed by atoms with van der Waals surface area (Å²) in [5, 5.41) is 12.3. The van der Waals surface area contributed by atoms with Gasteiger partial charge in [0.15, 0.2) is 0 Å². The fourth-order valence-electron chi connectivity index (χ4n) is 5.98. The normalized spacial score (nSPS) is 12.2. The number of hydrogen-bond acceptors (Lipinski definition) is 4. The molecule has 0 fully saturated rings. The number of thiophene rings is 1. The van der Waals surface area contributed by atoms with Crippen molar-refractivity contribution in [3.05, 3.63) is 170 Å². The molecule has 5 N–H and O–H groups in total. The van der Waals surface area contributed by atoms with Gasteiger partial charge in [0.2, 0.25) is 0 Å². The van der Waals surface area contributed by atoms with Gasteiger partial charge in [-0.2, -0.15) is 0 Å². The van der Waals surface area contributed by atoms with Crippen LogP contribution in [-0.4, -0.2) is 10.3 Å². The second-order valence-electron chi connectivity index (χ2n) is 11.2. The van der Waals surface area contributed by atoms with E-state index in [0.717, 1.165) is 55.7 Å². The fourth-order valence-corrected chi connectivity index (χ4v) is 7.17. The Morgan fingerprint density at radius 3 is 2.35 bits per heavy atom. The van der Waals surface area contributed by atoms with Gasteiger partial charge in [0.05, 0.1) is 21.6 Å². The molecule has 7 rings (SSSR count). The maximum Gasteiger partial charge on any atom is 0.0634 e. The molecule has 0 spiro atoms. The molecule has 0 radical (unpaired) electrons. The van der Waals surface area contributed by atoms with Gasteiger partial charge in [0.1, 0.15) is 0 Å². The summed E-state index contributed by atoms with van der Waals surface area (Å²) < 4.78 is 4.74. The van der Waals surface area contributed by atoms with E-state index >= 15 is 0 Å². The molecule has 0 saturated heterocycles. The van der Waals surface area contributed by atoms with Gasteiger partial charge in [-0.1, -0.05) is 92.0 Å². The van der Waals surface area contributed by atoms with E-state index in [1.54, 1.807) is 18.2 Å². The first-order chi connectivity index (χ1) is 22.4. The van der Waals surface area contributed by atoms with Gasteiger partial charge < -0.3 is 21.4 Å². The summed E-state index contributed by atoms with van der Waals surface area (Å²) in [5.74, 6) is 0. The molecule has 0 bridgehead atoms. The van der Waals surface area contributed by atoms with Crippen LogP contribution in [0.3, 0.4) is 0 Å². The van der Waals surface area contributed by atoms with Crippen LogP contribution in [0, 0.1) is 5.41 Å². The summed E-state index contributed by atoms with van der Waals surface area (Å²) in [6, 6.07) is 37.4. The van der Waals surface area contributed by atoms with Gasteiger partial charge in [0.25, 0.3) is 0 Å². The van der Waals surface area contributed by atoms with Crippen molar-refractivity contribution in [2.24, 2.45) is 5.73 Å². The van der Waals surface area contributed by atoms with Crippen molar-refractivity contribution in [1.29, 1.82) is 5.41 Å². The average molecular weight is 613 g/mol. The smallest absolute Gasteiger partial charge is 0.0634 e. The summed E-state index contributed by atoms with van der Waals surface area (Å²) in [7, 11) is 0. The number of allylic oxidation sites excluding steroid dienone is 5. The Kier molecular flexibility index (Phi) is 7.45. The minimum absolute atomic E-state index is 0.354. The number of aromatic nitrogens is 1. The molecule has 0 unspecified atom stereocenters. The third-order valence-corrected chi connectivity index (χ3v) is 9.53. The molecule has 4 nitrogen and oxygen atoms in total. The number of fused-ring (bicyclic) bond motifs is 4. The summed E-state index contributed by atoms with van der Waals surface area (Å²) >= 11 is 1.81. The van der Waals surface area contributed by atoms with Crippen molar-refractivity contribution in [2.45, 2.75) is 0 Å². The Morgan fingerprint density at radius 2 is 1.54 bits per heavy atom. The van der Waals surface area contributed by atoms with Crippen LogP contribution in [-0.2, 0) is 0 Å². The molecule has 5 heteroatoms. The summed E-state index contributed by atoms with van der Waals surface area (Å²) in [6.07, 6.45) is 9.27. The minimum atomic E-state index is 0.354. The highest BCUT2D eigenvalue weighted by Gasteiger charge is 2.13. The fraction of sp³-hybridized carbons (Fsp3) is 0. The van der Waals surface area contributed by atoms with E-state index < -0.39 is 0 Å². The first kappa shape index (κ1) is 28.8. The van der Waals surface area contributed by atoms with E-state index in [1.807, 2.05) is 65.9 Å². The van der Waals surface area contributed by atoms with E-state index in [2.05, 4.69) is 84.6 Å². The number of hydrogen-bond donors (Lipinski definition) is 3. The van der Waals surface area contributed by atoms with Crippen LogP contribution in [0.5, 0.6) is 0 Å². The van der Waals surface area contributed by atoms with Crippen LogP contribution in [0.2, 0.25) is 0 Å². The second-order valence-corrected chi connectivity index (χ2v) is 12.3. The summed E-state index contributed by atoms with van der Waals surface area (Å²) in [5.41, 5.74) is 22.3. The molecular weight excluding hydrogens is 581 g/mol. The predicted octanol–water partition coefficient (Wildman–Crippen LogP) is 10.4. The van der Waals surface area contributed by atoms with Crippen LogP contribution in [0.4, 0.5) is 5.69 Å². The number of nitrogen functional groups attached to an aromatic ring is 1.